The van der Waals surface area contributed by atoms with Gasteiger partial charge in [0.15, 0.2) is 5.96 Å². The lowest BCUT2D eigenvalue weighted by Crippen LogP contribution is -2.39. The van der Waals surface area contributed by atoms with Gasteiger partial charge in [-0.1, -0.05) is 42.5 Å². The van der Waals surface area contributed by atoms with Crippen LogP contribution in [0.3, 0.4) is 0 Å². The SMILES string of the molecule is I.O=[N+]([O-])c1ccc(CNC(=NCc2ccccc2)NCC2CCOC2)cc1. The van der Waals surface area contributed by atoms with Crippen LogP contribution in [0.2, 0.25) is 0 Å². The number of rotatable bonds is 7. The normalized spacial score (nSPS) is 16.3. The molecule has 1 saturated heterocycles. The minimum absolute atomic E-state index is 0. The average molecular weight is 496 g/mol. The lowest BCUT2D eigenvalue weighted by Gasteiger charge is -2.15. The van der Waals surface area contributed by atoms with Gasteiger partial charge in [0, 0.05) is 37.7 Å². The summed E-state index contributed by atoms with van der Waals surface area (Å²) in [5.41, 5.74) is 2.19. The number of nitrogens with zero attached hydrogens (tertiary/aromatic N) is 2. The largest absolute Gasteiger partial charge is 0.381 e. The smallest absolute Gasteiger partial charge is 0.269 e. The van der Waals surface area contributed by atoms with E-state index < -0.39 is 4.92 Å². The van der Waals surface area contributed by atoms with Crippen molar-refractivity contribution in [2.24, 2.45) is 10.9 Å². The van der Waals surface area contributed by atoms with Gasteiger partial charge in [-0.2, -0.15) is 0 Å². The van der Waals surface area contributed by atoms with Crippen molar-refractivity contribution < 1.29 is 9.66 Å². The van der Waals surface area contributed by atoms with Crippen molar-refractivity contribution in [3.8, 4) is 0 Å². The highest BCUT2D eigenvalue weighted by atomic mass is 127. The molecule has 7 nitrogen and oxygen atoms in total. The van der Waals surface area contributed by atoms with Crippen molar-refractivity contribution in [2.75, 3.05) is 19.8 Å². The van der Waals surface area contributed by atoms with Crippen LogP contribution in [0.25, 0.3) is 0 Å². The van der Waals surface area contributed by atoms with Crippen molar-refractivity contribution in [3.05, 3.63) is 75.8 Å². The van der Waals surface area contributed by atoms with Crippen molar-refractivity contribution in [2.45, 2.75) is 19.5 Å². The van der Waals surface area contributed by atoms with Gasteiger partial charge in [0.2, 0.25) is 0 Å². The summed E-state index contributed by atoms with van der Waals surface area (Å²) in [6, 6.07) is 16.6. The van der Waals surface area contributed by atoms with Gasteiger partial charge in [0.25, 0.3) is 5.69 Å². The van der Waals surface area contributed by atoms with E-state index in [-0.39, 0.29) is 29.7 Å². The Morgan fingerprint density at radius 1 is 1.11 bits per heavy atom. The van der Waals surface area contributed by atoms with E-state index in [0.717, 1.165) is 43.3 Å². The summed E-state index contributed by atoms with van der Waals surface area (Å²) in [5.74, 6) is 1.22. The highest BCUT2D eigenvalue weighted by Crippen LogP contribution is 2.12. The molecule has 3 rings (SSSR count). The molecule has 1 unspecified atom stereocenters. The zero-order valence-electron chi connectivity index (χ0n) is 15.5. The summed E-state index contributed by atoms with van der Waals surface area (Å²) in [6.07, 6.45) is 1.06. The molecule has 0 aliphatic carbocycles. The van der Waals surface area contributed by atoms with Crippen LogP contribution in [0.1, 0.15) is 17.5 Å². The number of benzene rings is 2. The quantitative estimate of drug-likeness (QED) is 0.202. The maximum Gasteiger partial charge on any atom is 0.269 e. The Labute approximate surface area is 181 Å². The molecule has 0 amide bonds. The van der Waals surface area contributed by atoms with E-state index in [1.807, 2.05) is 30.3 Å². The van der Waals surface area contributed by atoms with E-state index in [1.54, 1.807) is 12.1 Å². The van der Waals surface area contributed by atoms with Crippen molar-refractivity contribution in [1.29, 1.82) is 0 Å². The van der Waals surface area contributed by atoms with Crippen LogP contribution >= 0.6 is 24.0 Å². The van der Waals surface area contributed by atoms with Gasteiger partial charge in [-0.25, -0.2) is 4.99 Å². The Morgan fingerprint density at radius 3 is 2.50 bits per heavy atom. The molecule has 1 aliphatic rings. The number of hydrogen-bond acceptors (Lipinski definition) is 4. The van der Waals surface area contributed by atoms with Crippen LogP contribution in [0, 0.1) is 16.0 Å². The first-order valence-electron chi connectivity index (χ1n) is 9.08. The summed E-state index contributed by atoms with van der Waals surface area (Å²) in [6.45, 7) is 3.53. The van der Waals surface area contributed by atoms with Gasteiger partial charge in [-0.3, -0.25) is 10.1 Å². The fraction of sp³-hybridized carbons (Fsp3) is 0.350. The fourth-order valence-electron chi connectivity index (χ4n) is 2.83. The highest BCUT2D eigenvalue weighted by molar-refractivity contribution is 14.0. The molecule has 8 heteroatoms. The van der Waals surface area contributed by atoms with E-state index in [9.17, 15) is 10.1 Å². The predicted molar refractivity (Wildman–Crippen MR) is 120 cm³/mol. The fourth-order valence-corrected chi connectivity index (χ4v) is 2.83. The van der Waals surface area contributed by atoms with Crippen LogP contribution in [0.15, 0.2) is 59.6 Å². The number of guanidine groups is 1. The molecule has 0 radical (unpaired) electrons. The van der Waals surface area contributed by atoms with Crippen LogP contribution in [0.4, 0.5) is 5.69 Å². The number of hydrogen-bond donors (Lipinski definition) is 2. The monoisotopic (exact) mass is 496 g/mol. The summed E-state index contributed by atoms with van der Waals surface area (Å²) in [7, 11) is 0. The third-order valence-corrected chi connectivity index (χ3v) is 4.45. The lowest BCUT2D eigenvalue weighted by molar-refractivity contribution is -0.384. The number of nitro benzene ring substituents is 1. The van der Waals surface area contributed by atoms with Gasteiger partial charge < -0.3 is 15.4 Å². The Hall–Kier alpha value is -2.20. The number of nitrogens with one attached hydrogen (secondary N) is 2. The van der Waals surface area contributed by atoms with Gasteiger partial charge in [-0.15, -0.1) is 24.0 Å². The van der Waals surface area contributed by atoms with Crippen molar-refractivity contribution >= 4 is 35.6 Å². The average Bonchev–Trinajstić information content (AvgIpc) is 3.22. The van der Waals surface area contributed by atoms with E-state index in [4.69, 9.17) is 4.74 Å². The first-order valence-corrected chi connectivity index (χ1v) is 9.08. The number of non-ortho nitro benzene ring substituents is 1. The maximum absolute atomic E-state index is 10.8. The second-order valence-corrected chi connectivity index (χ2v) is 6.54. The van der Waals surface area contributed by atoms with Crippen LogP contribution in [-0.2, 0) is 17.8 Å². The standard InChI is InChI=1S/C20H24N4O3.HI/c25-24(26)19-8-6-17(7-9-19)13-22-20(23-14-18-10-11-27-15-18)21-12-16-4-2-1-3-5-16;/h1-9,18H,10-15H2,(H2,21,22,23);1H. The van der Waals surface area contributed by atoms with E-state index in [1.165, 1.54) is 12.1 Å². The third-order valence-electron chi connectivity index (χ3n) is 4.45. The molecule has 1 fully saturated rings. The molecule has 150 valence electrons. The number of aliphatic imine (C=N–C) groups is 1. The summed E-state index contributed by atoms with van der Waals surface area (Å²) < 4.78 is 5.42. The Morgan fingerprint density at radius 2 is 1.86 bits per heavy atom. The Bertz CT molecular complexity index is 763. The van der Waals surface area contributed by atoms with E-state index >= 15 is 0 Å². The number of halogens is 1. The minimum atomic E-state index is -0.394. The molecular formula is C20H25IN4O3. The van der Waals surface area contributed by atoms with E-state index in [0.29, 0.717) is 19.0 Å². The third kappa shape index (κ3) is 7.08. The first kappa shape index (κ1) is 22.1. The van der Waals surface area contributed by atoms with Crippen LogP contribution in [0.5, 0.6) is 0 Å². The van der Waals surface area contributed by atoms with Gasteiger partial charge in [0.05, 0.1) is 18.1 Å². The molecule has 0 bridgehead atoms. The minimum Gasteiger partial charge on any atom is -0.381 e. The molecule has 28 heavy (non-hydrogen) atoms. The maximum atomic E-state index is 10.8. The van der Waals surface area contributed by atoms with E-state index in [2.05, 4.69) is 15.6 Å². The second-order valence-electron chi connectivity index (χ2n) is 6.54. The summed E-state index contributed by atoms with van der Waals surface area (Å²) in [4.78, 5) is 15.0. The predicted octanol–water partition coefficient (Wildman–Crippen LogP) is 3.48. The molecule has 1 aliphatic heterocycles. The molecule has 0 spiro atoms. The van der Waals surface area contributed by atoms with Gasteiger partial charge in [0.1, 0.15) is 0 Å². The lowest BCUT2D eigenvalue weighted by atomic mass is 10.1. The van der Waals surface area contributed by atoms with Gasteiger partial charge >= 0.3 is 0 Å². The first-order chi connectivity index (χ1) is 13.2. The van der Waals surface area contributed by atoms with Gasteiger partial charge in [-0.05, 0) is 17.5 Å². The summed E-state index contributed by atoms with van der Waals surface area (Å²) in [5, 5.41) is 17.4. The zero-order valence-corrected chi connectivity index (χ0v) is 17.9. The number of nitro groups is 1. The van der Waals surface area contributed by atoms with Crippen LogP contribution in [-0.4, -0.2) is 30.6 Å². The Kier molecular flexibility index (Phi) is 9.15. The molecule has 0 saturated carbocycles. The molecule has 2 N–H and O–H groups in total. The van der Waals surface area contributed by atoms with Crippen molar-refractivity contribution in [1.82, 2.24) is 10.6 Å². The summed E-state index contributed by atoms with van der Waals surface area (Å²) >= 11 is 0. The number of ether oxygens (including phenoxy) is 1. The zero-order chi connectivity index (χ0) is 18.9. The van der Waals surface area contributed by atoms with Crippen LogP contribution < -0.4 is 10.6 Å². The highest BCUT2D eigenvalue weighted by Gasteiger charge is 2.15. The van der Waals surface area contributed by atoms with Crippen molar-refractivity contribution in [3.63, 3.8) is 0 Å². The molecule has 0 aromatic heterocycles. The second kappa shape index (κ2) is 11.6. The molecule has 1 atom stereocenters. The molecule has 2 aromatic carbocycles. The molecule has 1 heterocycles. The molecular weight excluding hydrogens is 471 g/mol. The Balaban J connectivity index is 0.00000280. The molecule has 2 aromatic rings. The topological polar surface area (TPSA) is 88.8 Å².